The van der Waals surface area contributed by atoms with Gasteiger partial charge in [0.05, 0.1) is 6.61 Å². The van der Waals surface area contributed by atoms with Crippen molar-refractivity contribution in [3.05, 3.63) is 36.1 Å². The molecule has 2 nitrogen and oxygen atoms in total. The van der Waals surface area contributed by atoms with Crippen LogP contribution in [0.5, 0.6) is 0 Å². The molecule has 0 aliphatic rings. The molecule has 0 atom stereocenters. The number of ether oxygens (including phenoxy) is 1. The van der Waals surface area contributed by atoms with Crippen molar-refractivity contribution in [1.29, 1.82) is 0 Å². The summed E-state index contributed by atoms with van der Waals surface area (Å²) < 4.78 is 5.30. The summed E-state index contributed by atoms with van der Waals surface area (Å²) in [5.74, 6) is 0.697. The third-order valence-corrected chi connectivity index (χ3v) is 2.01. The second-order valence-electron chi connectivity index (χ2n) is 3.27. The van der Waals surface area contributed by atoms with Gasteiger partial charge >= 0.3 is 0 Å². The van der Waals surface area contributed by atoms with E-state index in [-0.39, 0.29) is 0 Å². The van der Waals surface area contributed by atoms with E-state index < -0.39 is 0 Å². The predicted octanol–water partition coefficient (Wildman–Crippen LogP) is 3.52. The fourth-order valence-electron chi connectivity index (χ4n) is 1.07. The first kappa shape index (κ1) is 13.7. The summed E-state index contributed by atoms with van der Waals surface area (Å²) in [4.78, 5) is 4.28. The summed E-state index contributed by atoms with van der Waals surface area (Å²) in [5, 5.41) is 0. The van der Waals surface area contributed by atoms with E-state index in [2.05, 4.69) is 18.2 Å². The number of nitrogens with zero attached hydrogens (tertiary/aromatic N) is 1. The van der Waals surface area contributed by atoms with E-state index in [1.165, 1.54) is 0 Å². The van der Waals surface area contributed by atoms with Gasteiger partial charge in [0, 0.05) is 12.3 Å². The molecule has 0 unspecified atom stereocenters. The Morgan fingerprint density at radius 3 is 2.33 bits per heavy atom. The zero-order valence-electron chi connectivity index (χ0n) is 10.3. The molecule has 0 aromatic carbocycles. The third-order valence-electron chi connectivity index (χ3n) is 2.01. The second-order valence-corrected chi connectivity index (χ2v) is 3.27. The molecule has 2 heteroatoms. The fraction of sp³-hybridized carbons (Fsp3) is 0.462. The predicted molar refractivity (Wildman–Crippen MR) is 67.3 cm³/mol. The van der Waals surface area contributed by atoms with E-state index >= 15 is 0 Å². The van der Waals surface area contributed by atoms with Crippen LogP contribution in [0.15, 0.2) is 41.1 Å². The first-order chi connectivity index (χ1) is 7.02. The number of hydrogen-bond donors (Lipinski definition) is 0. The van der Waals surface area contributed by atoms with Crippen molar-refractivity contribution in [3.63, 3.8) is 0 Å². The molecule has 0 rings (SSSR count). The van der Waals surface area contributed by atoms with Crippen molar-refractivity contribution >= 4 is 5.71 Å². The average Bonchev–Trinajstić information content (AvgIpc) is 2.18. The highest BCUT2D eigenvalue weighted by atomic mass is 16.5. The highest BCUT2D eigenvalue weighted by Crippen LogP contribution is 2.11. The first-order valence-corrected chi connectivity index (χ1v) is 5.23. The molecule has 0 heterocycles. The number of allylic oxidation sites excluding steroid dienone is 3. The van der Waals surface area contributed by atoms with Crippen LogP contribution in [0.3, 0.4) is 0 Å². The summed E-state index contributed by atoms with van der Waals surface area (Å²) in [6.45, 7) is 17.1. The molecule has 0 spiro atoms. The summed E-state index contributed by atoms with van der Waals surface area (Å²) in [5.41, 5.74) is 2.86. The van der Waals surface area contributed by atoms with Gasteiger partial charge in [-0.05, 0) is 44.9 Å². The lowest BCUT2D eigenvalue weighted by molar-refractivity contribution is 0.239. The maximum Gasteiger partial charge on any atom is 0.115 e. The molecule has 0 aromatic heterocycles. The Balaban J connectivity index is 4.55. The van der Waals surface area contributed by atoms with Gasteiger partial charge in [-0.15, -0.1) is 0 Å². The summed E-state index contributed by atoms with van der Waals surface area (Å²) >= 11 is 0. The minimum Gasteiger partial charge on any atom is -0.494 e. The van der Waals surface area contributed by atoms with Crippen LogP contribution >= 0.6 is 0 Å². The maximum atomic E-state index is 5.30. The van der Waals surface area contributed by atoms with Crippen LogP contribution in [-0.4, -0.2) is 18.9 Å². The SMILES string of the molecule is C=C(/C=C(\C)C(=C)OCC)C(C)=NCC. The molecule has 0 aliphatic heterocycles. The molecule has 0 radical (unpaired) electrons. The number of rotatable bonds is 6. The van der Waals surface area contributed by atoms with Gasteiger partial charge in [0.15, 0.2) is 0 Å². The zero-order chi connectivity index (χ0) is 11.8. The average molecular weight is 207 g/mol. The van der Waals surface area contributed by atoms with Crippen molar-refractivity contribution in [2.45, 2.75) is 27.7 Å². The van der Waals surface area contributed by atoms with Crippen LogP contribution in [0.4, 0.5) is 0 Å². The third kappa shape index (κ3) is 5.21. The summed E-state index contributed by atoms with van der Waals surface area (Å²) in [7, 11) is 0. The van der Waals surface area contributed by atoms with Gasteiger partial charge in [-0.2, -0.15) is 0 Å². The van der Waals surface area contributed by atoms with E-state index in [0.29, 0.717) is 12.4 Å². The van der Waals surface area contributed by atoms with E-state index in [0.717, 1.165) is 23.4 Å². The largest absolute Gasteiger partial charge is 0.494 e. The van der Waals surface area contributed by atoms with Crippen molar-refractivity contribution in [1.82, 2.24) is 0 Å². The molecule has 15 heavy (non-hydrogen) atoms. The van der Waals surface area contributed by atoms with Crippen LogP contribution in [0, 0.1) is 0 Å². The molecular formula is C13H21NO. The smallest absolute Gasteiger partial charge is 0.115 e. The van der Waals surface area contributed by atoms with Crippen LogP contribution in [0.2, 0.25) is 0 Å². The lowest BCUT2D eigenvalue weighted by atomic mass is 10.1. The quantitative estimate of drug-likeness (QED) is 0.371. The summed E-state index contributed by atoms with van der Waals surface area (Å²) in [6.07, 6.45) is 1.95. The lowest BCUT2D eigenvalue weighted by Crippen LogP contribution is -1.97. The Hall–Kier alpha value is -1.31. The molecule has 84 valence electrons. The first-order valence-electron chi connectivity index (χ1n) is 5.23. The molecule has 0 fully saturated rings. The molecule has 0 aliphatic carbocycles. The Labute approximate surface area is 93.1 Å². The molecule has 0 aromatic rings. The van der Waals surface area contributed by atoms with Gasteiger partial charge in [0.25, 0.3) is 0 Å². The molecule has 0 amide bonds. The molecule has 0 saturated heterocycles. The Morgan fingerprint density at radius 1 is 1.27 bits per heavy atom. The highest BCUT2D eigenvalue weighted by Gasteiger charge is 1.99. The molecule has 0 bridgehead atoms. The van der Waals surface area contributed by atoms with Crippen molar-refractivity contribution in [3.8, 4) is 0 Å². The number of hydrogen-bond acceptors (Lipinski definition) is 2. The minimum atomic E-state index is 0.637. The van der Waals surface area contributed by atoms with Gasteiger partial charge in [-0.3, -0.25) is 4.99 Å². The van der Waals surface area contributed by atoms with Gasteiger partial charge in [0.2, 0.25) is 0 Å². The normalized spacial score (nSPS) is 12.5. The van der Waals surface area contributed by atoms with Crippen LogP contribution in [-0.2, 0) is 4.74 Å². The zero-order valence-corrected chi connectivity index (χ0v) is 10.3. The van der Waals surface area contributed by atoms with Crippen LogP contribution in [0.25, 0.3) is 0 Å². The lowest BCUT2D eigenvalue weighted by Gasteiger charge is -2.07. The maximum absolute atomic E-state index is 5.30. The minimum absolute atomic E-state index is 0.637. The second kappa shape index (κ2) is 7.04. The van der Waals surface area contributed by atoms with Crippen LogP contribution < -0.4 is 0 Å². The van der Waals surface area contributed by atoms with E-state index in [4.69, 9.17) is 4.74 Å². The van der Waals surface area contributed by atoms with Crippen molar-refractivity contribution in [2.75, 3.05) is 13.2 Å². The van der Waals surface area contributed by atoms with E-state index in [1.54, 1.807) is 0 Å². The Kier molecular flexibility index (Phi) is 6.43. The standard InChI is InChI=1S/C13H21NO/c1-7-14-12(5)10(3)9-11(4)13(6)15-8-2/h9H,3,6-8H2,1-2,4-5H3/b11-9+,14-12?. The van der Waals surface area contributed by atoms with Gasteiger partial charge in [0.1, 0.15) is 5.76 Å². The van der Waals surface area contributed by atoms with Gasteiger partial charge in [-0.1, -0.05) is 13.2 Å². The van der Waals surface area contributed by atoms with Crippen LogP contribution in [0.1, 0.15) is 27.7 Å². The Bertz CT molecular complexity index is 298. The molecule has 0 N–H and O–H groups in total. The Morgan fingerprint density at radius 2 is 1.87 bits per heavy atom. The van der Waals surface area contributed by atoms with Gasteiger partial charge in [-0.25, -0.2) is 0 Å². The topological polar surface area (TPSA) is 21.6 Å². The number of aliphatic imine (C=N–C) groups is 1. The molecular weight excluding hydrogens is 186 g/mol. The monoisotopic (exact) mass is 207 g/mol. The fourth-order valence-corrected chi connectivity index (χ4v) is 1.07. The van der Waals surface area contributed by atoms with Crippen molar-refractivity contribution in [2.24, 2.45) is 4.99 Å². The molecule has 0 saturated carbocycles. The van der Waals surface area contributed by atoms with E-state index in [1.807, 2.05) is 33.8 Å². The highest BCUT2D eigenvalue weighted by molar-refractivity contribution is 6.00. The summed E-state index contributed by atoms with van der Waals surface area (Å²) in [6, 6.07) is 0. The van der Waals surface area contributed by atoms with E-state index in [9.17, 15) is 0 Å². The van der Waals surface area contributed by atoms with Crippen molar-refractivity contribution < 1.29 is 4.74 Å². The van der Waals surface area contributed by atoms with Gasteiger partial charge < -0.3 is 4.74 Å².